The predicted molar refractivity (Wildman–Crippen MR) is 73.4 cm³/mol. The van der Waals surface area contributed by atoms with E-state index in [0.29, 0.717) is 11.4 Å². The van der Waals surface area contributed by atoms with E-state index in [1.54, 1.807) is 24.3 Å². The number of hydrogen-bond donors (Lipinski definition) is 1. The van der Waals surface area contributed by atoms with Crippen molar-refractivity contribution in [1.82, 2.24) is 5.32 Å². The molecular weight excluding hydrogens is 262 g/mol. The minimum atomic E-state index is -3.15. The molecule has 0 aromatic heterocycles. The van der Waals surface area contributed by atoms with Gasteiger partial charge in [0.2, 0.25) is 5.91 Å². The van der Waals surface area contributed by atoms with Gasteiger partial charge in [-0.25, -0.2) is 8.42 Å². The molecule has 0 saturated heterocycles. The fraction of sp³-hybridized carbons (Fsp3) is 0.500. The van der Waals surface area contributed by atoms with E-state index in [1.165, 1.54) is 6.26 Å². The summed E-state index contributed by atoms with van der Waals surface area (Å²) in [5.41, 5.74) is 0.916. The zero-order valence-corrected chi connectivity index (χ0v) is 11.9. The second-order valence-electron chi connectivity index (χ2n) is 5.12. The van der Waals surface area contributed by atoms with E-state index in [0.717, 1.165) is 31.2 Å². The normalized spacial score (nSPS) is 16.5. The monoisotopic (exact) mass is 281 g/mol. The van der Waals surface area contributed by atoms with Crippen LogP contribution in [0, 0.1) is 5.92 Å². The Hall–Kier alpha value is -1.36. The Morgan fingerprint density at radius 1 is 1.21 bits per heavy atom. The van der Waals surface area contributed by atoms with Crippen molar-refractivity contribution < 1.29 is 13.2 Å². The Morgan fingerprint density at radius 2 is 1.79 bits per heavy atom. The summed E-state index contributed by atoms with van der Waals surface area (Å²) in [6, 6.07) is 6.63. The highest BCUT2D eigenvalue weighted by Gasteiger charge is 2.22. The molecule has 0 radical (unpaired) electrons. The lowest BCUT2D eigenvalue weighted by atomic mass is 10.1. The van der Waals surface area contributed by atoms with Gasteiger partial charge in [-0.05, 0) is 30.5 Å². The minimum Gasteiger partial charge on any atom is -0.352 e. The average Bonchev–Trinajstić information content (AvgIpc) is 2.89. The molecular formula is C14H19NO3S. The van der Waals surface area contributed by atoms with Gasteiger partial charge < -0.3 is 5.32 Å². The van der Waals surface area contributed by atoms with Gasteiger partial charge in [0.15, 0.2) is 9.84 Å². The lowest BCUT2D eigenvalue weighted by molar-refractivity contribution is -0.124. The standard InChI is InChI=1S/C14H19NO3S/c1-19(17,18)13-8-6-11(7-9-13)10-15-14(16)12-4-2-3-5-12/h6-9,12H,2-5,10H2,1H3,(H,15,16). The topological polar surface area (TPSA) is 63.2 Å². The lowest BCUT2D eigenvalue weighted by Gasteiger charge is -2.10. The highest BCUT2D eigenvalue weighted by atomic mass is 32.2. The van der Waals surface area contributed by atoms with Crippen LogP contribution < -0.4 is 5.32 Å². The van der Waals surface area contributed by atoms with Crippen LogP contribution in [-0.4, -0.2) is 20.6 Å². The molecule has 1 fully saturated rings. The number of nitrogens with one attached hydrogen (secondary N) is 1. The van der Waals surface area contributed by atoms with Crippen LogP contribution in [0.25, 0.3) is 0 Å². The molecule has 0 bridgehead atoms. The average molecular weight is 281 g/mol. The van der Waals surface area contributed by atoms with Gasteiger partial charge in [-0.15, -0.1) is 0 Å². The van der Waals surface area contributed by atoms with Crippen molar-refractivity contribution in [1.29, 1.82) is 0 Å². The third kappa shape index (κ3) is 3.80. The van der Waals surface area contributed by atoms with Crippen molar-refractivity contribution in [2.75, 3.05) is 6.26 Å². The van der Waals surface area contributed by atoms with Crippen LogP contribution in [0.3, 0.4) is 0 Å². The van der Waals surface area contributed by atoms with Crippen molar-refractivity contribution in [3.63, 3.8) is 0 Å². The fourth-order valence-corrected chi connectivity index (χ4v) is 3.01. The fourth-order valence-electron chi connectivity index (χ4n) is 2.38. The first-order chi connectivity index (χ1) is 8.97. The Labute approximate surface area is 114 Å². The molecule has 1 aliphatic rings. The molecule has 0 aliphatic heterocycles. The number of sulfone groups is 1. The molecule has 0 heterocycles. The molecule has 2 rings (SSSR count). The van der Waals surface area contributed by atoms with E-state index < -0.39 is 9.84 Å². The number of benzene rings is 1. The lowest BCUT2D eigenvalue weighted by Crippen LogP contribution is -2.28. The van der Waals surface area contributed by atoms with Crippen LogP contribution in [0.15, 0.2) is 29.2 Å². The molecule has 1 aromatic carbocycles. The summed E-state index contributed by atoms with van der Waals surface area (Å²) in [7, 11) is -3.15. The number of hydrogen-bond acceptors (Lipinski definition) is 3. The number of carbonyl (C=O) groups is 1. The molecule has 0 unspecified atom stereocenters. The van der Waals surface area contributed by atoms with Gasteiger partial charge >= 0.3 is 0 Å². The first kappa shape index (κ1) is 14.1. The molecule has 0 spiro atoms. The van der Waals surface area contributed by atoms with Crippen LogP contribution >= 0.6 is 0 Å². The summed E-state index contributed by atoms with van der Waals surface area (Å²) >= 11 is 0. The summed E-state index contributed by atoms with van der Waals surface area (Å²) in [5, 5.41) is 2.91. The van der Waals surface area contributed by atoms with Crippen molar-refractivity contribution in [2.45, 2.75) is 37.1 Å². The van der Waals surface area contributed by atoms with Crippen molar-refractivity contribution in [2.24, 2.45) is 5.92 Å². The largest absolute Gasteiger partial charge is 0.352 e. The Bertz CT molecular complexity index is 543. The maximum Gasteiger partial charge on any atom is 0.223 e. The van der Waals surface area contributed by atoms with Crippen molar-refractivity contribution in [3.05, 3.63) is 29.8 Å². The zero-order valence-electron chi connectivity index (χ0n) is 11.1. The maximum absolute atomic E-state index is 11.8. The summed E-state index contributed by atoms with van der Waals surface area (Å²) < 4.78 is 22.6. The third-order valence-electron chi connectivity index (χ3n) is 3.54. The number of rotatable bonds is 4. The summed E-state index contributed by atoms with van der Waals surface area (Å²) in [6.45, 7) is 0.458. The summed E-state index contributed by atoms with van der Waals surface area (Å²) in [5.74, 6) is 0.278. The van der Waals surface area contributed by atoms with Gasteiger partial charge in [0, 0.05) is 18.7 Å². The van der Waals surface area contributed by atoms with Gasteiger partial charge in [0.1, 0.15) is 0 Å². The van der Waals surface area contributed by atoms with Crippen LogP contribution in [0.4, 0.5) is 0 Å². The Morgan fingerprint density at radius 3 is 2.32 bits per heavy atom. The maximum atomic E-state index is 11.8. The predicted octanol–water partition coefficient (Wildman–Crippen LogP) is 1.90. The second-order valence-corrected chi connectivity index (χ2v) is 7.13. The zero-order chi connectivity index (χ0) is 13.9. The molecule has 1 aromatic rings. The molecule has 1 aliphatic carbocycles. The first-order valence-corrected chi connectivity index (χ1v) is 8.42. The molecule has 0 atom stereocenters. The van der Waals surface area contributed by atoms with E-state index in [4.69, 9.17) is 0 Å². The molecule has 4 nitrogen and oxygen atoms in total. The first-order valence-electron chi connectivity index (χ1n) is 6.53. The van der Waals surface area contributed by atoms with E-state index >= 15 is 0 Å². The quantitative estimate of drug-likeness (QED) is 0.916. The van der Waals surface area contributed by atoms with Gasteiger partial charge in [0.05, 0.1) is 4.90 Å². The summed E-state index contributed by atoms with van der Waals surface area (Å²) in [6.07, 6.45) is 5.43. The van der Waals surface area contributed by atoms with Crippen molar-refractivity contribution >= 4 is 15.7 Å². The van der Waals surface area contributed by atoms with Gasteiger partial charge in [0.25, 0.3) is 0 Å². The number of amides is 1. The highest BCUT2D eigenvalue weighted by molar-refractivity contribution is 7.90. The van der Waals surface area contributed by atoms with Crippen molar-refractivity contribution in [3.8, 4) is 0 Å². The van der Waals surface area contributed by atoms with E-state index in [9.17, 15) is 13.2 Å². The second kappa shape index (κ2) is 5.74. The van der Waals surface area contributed by atoms with Gasteiger partial charge in [-0.2, -0.15) is 0 Å². The molecule has 1 saturated carbocycles. The van der Waals surface area contributed by atoms with Gasteiger partial charge in [-0.1, -0.05) is 25.0 Å². The molecule has 1 N–H and O–H groups in total. The SMILES string of the molecule is CS(=O)(=O)c1ccc(CNC(=O)C2CCCC2)cc1. The Kier molecular flexibility index (Phi) is 4.24. The summed E-state index contributed by atoms with van der Waals surface area (Å²) in [4.78, 5) is 12.1. The smallest absolute Gasteiger partial charge is 0.223 e. The van der Waals surface area contributed by atoms with E-state index in [1.807, 2.05) is 0 Å². The van der Waals surface area contributed by atoms with Gasteiger partial charge in [-0.3, -0.25) is 4.79 Å². The third-order valence-corrected chi connectivity index (χ3v) is 4.67. The molecule has 5 heteroatoms. The molecule has 1 amide bonds. The Balaban J connectivity index is 1.91. The highest BCUT2D eigenvalue weighted by Crippen LogP contribution is 2.24. The minimum absolute atomic E-state index is 0.115. The van der Waals surface area contributed by atoms with Crippen LogP contribution in [0.5, 0.6) is 0 Å². The number of carbonyl (C=O) groups excluding carboxylic acids is 1. The van der Waals surface area contributed by atoms with E-state index in [2.05, 4.69) is 5.32 Å². The van der Waals surface area contributed by atoms with E-state index in [-0.39, 0.29) is 11.8 Å². The molecule has 104 valence electrons. The van der Waals surface area contributed by atoms with Crippen LogP contribution in [0.1, 0.15) is 31.2 Å². The molecule has 19 heavy (non-hydrogen) atoms. The van der Waals surface area contributed by atoms with Crippen LogP contribution in [-0.2, 0) is 21.2 Å². The van der Waals surface area contributed by atoms with Crippen LogP contribution in [0.2, 0.25) is 0 Å².